The minimum atomic E-state index is 0.0240. The highest BCUT2D eigenvalue weighted by Gasteiger charge is 2.38. The normalized spacial score (nSPS) is 21.5. The number of nitrogens with two attached hydrogens (primary N) is 1. The fraction of sp³-hybridized carbons (Fsp3) is 0.632. The number of benzene rings is 1. The lowest BCUT2D eigenvalue weighted by molar-refractivity contribution is -0.135. The van der Waals surface area contributed by atoms with Gasteiger partial charge < -0.3 is 10.6 Å². The third-order valence-corrected chi connectivity index (χ3v) is 5.17. The predicted molar refractivity (Wildman–Crippen MR) is 89.6 cm³/mol. The minimum Gasteiger partial charge on any atom is -0.342 e. The second-order valence-corrected chi connectivity index (χ2v) is 7.30. The summed E-state index contributed by atoms with van der Waals surface area (Å²) in [6, 6.07) is 8.51. The average molecular weight is 300 g/mol. The number of hydrogen-bond acceptors (Lipinski definition) is 2. The van der Waals surface area contributed by atoms with Gasteiger partial charge in [-0.15, -0.1) is 0 Å². The average Bonchev–Trinajstić information content (AvgIpc) is 3.26. The number of carbonyl (C=O) groups is 1. The summed E-state index contributed by atoms with van der Waals surface area (Å²) in [5.74, 6) is 0.385. The highest BCUT2D eigenvalue weighted by atomic mass is 16.2. The van der Waals surface area contributed by atoms with E-state index >= 15 is 0 Å². The van der Waals surface area contributed by atoms with E-state index in [0.29, 0.717) is 5.91 Å². The summed E-state index contributed by atoms with van der Waals surface area (Å²) in [6.45, 7) is 3.95. The van der Waals surface area contributed by atoms with E-state index in [2.05, 4.69) is 36.1 Å². The van der Waals surface area contributed by atoms with Gasteiger partial charge in [0.05, 0.1) is 0 Å². The van der Waals surface area contributed by atoms with Crippen LogP contribution in [0.15, 0.2) is 24.3 Å². The van der Waals surface area contributed by atoms with Crippen LogP contribution in [0.4, 0.5) is 0 Å². The van der Waals surface area contributed by atoms with Crippen molar-refractivity contribution in [1.82, 2.24) is 4.90 Å². The van der Waals surface area contributed by atoms with Crippen LogP contribution in [0.3, 0.4) is 0 Å². The van der Waals surface area contributed by atoms with Gasteiger partial charge in [-0.3, -0.25) is 4.79 Å². The first-order chi connectivity index (χ1) is 10.6. The maximum Gasteiger partial charge on any atom is 0.225 e. The Balaban J connectivity index is 1.65. The molecule has 1 amide bonds. The van der Waals surface area contributed by atoms with Crippen LogP contribution in [0.2, 0.25) is 0 Å². The standard InChI is InChI=1S/C19H28N2O/c1-15(18(22)21-11-5-2-6-12-21)13-16-7-3-4-8-17(16)14-19(20)9-10-19/h3-4,7-8,15H,2,5-6,9-14,20H2,1H3. The molecule has 2 N–H and O–H groups in total. The van der Waals surface area contributed by atoms with Crippen molar-refractivity contribution in [3.05, 3.63) is 35.4 Å². The molecule has 1 aromatic rings. The van der Waals surface area contributed by atoms with E-state index in [4.69, 9.17) is 5.73 Å². The minimum absolute atomic E-state index is 0.0240. The van der Waals surface area contributed by atoms with Crippen LogP contribution in [0.5, 0.6) is 0 Å². The lowest BCUT2D eigenvalue weighted by Crippen LogP contribution is -2.39. The van der Waals surface area contributed by atoms with Gasteiger partial charge in [0, 0.05) is 24.5 Å². The van der Waals surface area contributed by atoms with Gasteiger partial charge in [-0.2, -0.15) is 0 Å². The first kappa shape index (κ1) is 15.5. The molecular formula is C19H28N2O. The highest BCUT2D eigenvalue weighted by Crippen LogP contribution is 2.36. The third kappa shape index (κ3) is 3.70. The van der Waals surface area contributed by atoms with Crippen molar-refractivity contribution in [1.29, 1.82) is 0 Å². The summed E-state index contributed by atoms with van der Waals surface area (Å²) in [5, 5.41) is 0. The zero-order valence-electron chi connectivity index (χ0n) is 13.7. The van der Waals surface area contributed by atoms with Crippen LogP contribution in [-0.4, -0.2) is 29.4 Å². The smallest absolute Gasteiger partial charge is 0.225 e. The lowest BCUT2D eigenvalue weighted by Gasteiger charge is -2.29. The van der Waals surface area contributed by atoms with Gasteiger partial charge in [0.25, 0.3) is 0 Å². The van der Waals surface area contributed by atoms with Crippen LogP contribution < -0.4 is 5.73 Å². The molecule has 120 valence electrons. The van der Waals surface area contributed by atoms with Crippen LogP contribution in [0, 0.1) is 5.92 Å². The Morgan fingerprint density at radius 3 is 2.45 bits per heavy atom. The molecule has 1 unspecified atom stereocenters. The van der Waals surface area contributed by atoms with Crippen molar-refractivity contribution in [2.45, 2.75) is 57.4 Å². The summed E-state index contributed by atoms with van der Waals surface area (Å²) < 4.78 is 0. The van der Waals surface area contributed by atoms with Gasteiger partial charge >= 0.3 is 0 Å². The van der Waals surface area contributed by atoms with Crippen LogP contribution in [0.1, 0.15) is 50.2 Å². The van der Waals surface area contributed by atoms with Crippen LogP contribution in [0.25, 0.3) is 0 Å². The summed E-state index contributed by atoms with van der Waals surface area (Å²) in [7, 11) is 0. The van der Waals surface area contributed by atoms with Crippen molar-refractivity contribution in [2.75, 3.05) is 13.1 Å². The SMILES string of the molecule is CC(Cc1ccccc1CC1(N)CC1)C(=O)N1CCCCC1. The molecule has 1 saturated heterocycles. The molecule has 3 rings (SSSR count). The van der Waals surface area contributed by atoms with Crippen LogP contribution >= 0.6 is 0 Å². The highest BCUT2D eigenvalue weighted by molar-refractivity contribution is 5.79. The van der Waals surface area contributed by atoms with E-state index in [1.54, 1.807) is 0 Å². The number of nitrogens with zero attached hydrogens (tertiary/aromatic N) is 1. The monoisotopic (exact) mass is 300 g/mol. The van der Waals surface area contributed by atoms with Gasteiger partial charge in [0.2, 0.25) is 5.91 Å². The zero-order valence-corrected chi connectivity index (χ0v) is 13.7. The van der Waals surface area contributed by atoms with Gasteiger partial charge in [0.1, 0.15) is 0 Å². The van der Waals surface area contributed by atoms with Crippen molar-refractivity contribution in [3.63, 3.8) is 0 Å². The zero-order chi connectivity index (χ0) is 15.6. The Kier molecular flexibility index (Phi) is 4.53. The Morgan fingerprint density at radius 2 is 1.82 bits per heavy atom. The topological polar surface area (TPSA) is 46.3 Å². The Morgan fingerprint density at radius 1 is 1.18 bits per heavy atom. The molecule has 3 heteroatoms. The number of piperidine rings is 1. The molecule has 0 spiro atoms. The molecule has 1 saturated carbocycles. The summed E-state index contributed by atoms with van der Waals surface area (Å²) in [5.41, 5.74) is 8.94. The van der Waals surface area contributed by atoms with E-state index in [-0.39, 0.29) is 11.5 Å². The predicted octanol–water partition coefficient (Wildman–Crippen LogP) is 2.91. The maximum absolute atomic E-state index is 12.6. The first-order valence-electron chi connectivity index (χ1n) is 8.72. The fourth-order valence-corrected chi connectivity index (χ4v) is 3.49. The number of hydrogen-bond donors (Lipinski definition) is 1. The van der Waals surface area contributed by atoms with Crippen LogP contribution in [-0.2, 0) is 17.6 Å². The molecule has 1 aliphatic carbocycles. The molecule has 2 fully saturated rings. The summed E-state index contributed by atoms with van der Waals surface area (Å²) >= 11 is 0. The number of amides is 1. The van der Waals surface area contributed by atoms with Gasteiger partial charge in [-0.05, 0) is 56.1 Å². The van der Waals surface area contributed by atoms with Crippen molar-refractivity contribution < 1.29 is 4.79 Å². The third-order valence-electron chi connectivity index (χ3n) is 5.17. The first-order valence-corrected chi connectivity index (χ1v) is 8.72. The molecule has 1 atom stereocenters. The largest absolute Gasteiger partial charge is 0.342 e. The van der Waals surface area contributed by atoms with E-state index in [1.165, 1.54) is 17.5 Å². The maximum atomic E-state index is 12.6. The van der Waals surface area contributed by atoms with E-state index in [1.807, 2.05) is 0 Å². The molecule has 0 radical (unpaired) electrons. The molecule has 0 bridgehead atoms. The Bertz CT molecular complexity index is 530. The van der Waals surface area contributed by atoms with Gasteiger partial charge in [0.15, 0.2) is 0 Å². The van der Waals surface area contributed by atoms with E-state index < -0.39 is 0 Å². The van der Waals surface area contributed by atoms with Gasteiger partial charge in [-0.25, -0.2) is 0 Å². The molecule has 3 nitrogen and oxygen atoms in total. The molecule has 1 aromatic carbocycles. The number of carbonyl (C=O) groups excluding carboxylic acids is 1. The van der Waals surface area contributed by atoms with Gasteiger partial charge in [-0.1, -0.05) is 31.2 Å². The molecular weight excluding hydrogens is 272 g/mol. The Labute approximate surface area is 133 Å². The fourth-order valence-electron chi connectivity index (χ4n) is 3.49. The number of rotatable bonds is 5. The van der Waals surface area contributed by atoms with E-state index in [9.17, 15) is 4.79 Å². The van der Waals surface area contributed by atoms with E-state index in [0.717, 1.165) is 51.6 Å². The second kappa shape index (κ2) is 6.41. The van der Waals surface area contributed by atoms with Crippen molar-refractivity contribution in [3.8, 4) is 0 Å². The second-order valence-electron chi connectivity index (χ2n) is 7.30. The number of likely N-dealkylation sites (tertiary alicyclic amines) is 1. The quantitative estimate of drug-likeness (QED) is 0.909. The molecule has 0 aromatic heterocycles. The summed E-state index contributed by atoms with van der Waals surface area (Å²) in [4.78, 5) is 14.7. The molecule has 2 aliphatic rings. The molecule has 22 heavy (non-hydrogen) atoms. The van der Waals surface area contributed by atoms with Crippen molar-refractivity contribution in [2.24, 2.45) is 11.7 Å². The van der Waals surface area contributed by atoms with Crippen molar-refractivity contribution >= 4 is 5.91 Å². The molecule has 1 aliphatic heterocycles. The Hall–Kier alpha value is -1.35. The molecule has 1 heterocycles. The lowest BCUT2D eigenvalue weighted by atomic mass is 9.92. The summed E-state index contributed by atoms with van der Waals surface area (Å²) in [6.07, 6.45) is 7.62.